The first-order valence-electron chi connectivity index (χ1n) is 5.77. The summed E-state index contributed by atoms with van der Waals surface area (Å²) in [5, 5.41) is 0.959. The number of ether oxygens (including phenoxy) is 1. The molecule has 0 aliphatic rings. The van der Waals surface area contributed by atoms with Crippen molar-refractivity contribution in [1.82, 2.24) is 0 Å². The Morgan fingerprint density at radius 3 is 2.39 bits per heavy atom. The van der Waals surface area contributed by atoms with E-state index in [1.165, 1.54) is 0 Å². The summed E-state index contributed by atoms with van der Waals surface area (Å²) in [5.41, 5.74) is 6.32. The van der Waals surface area contributed by atoms with E-state index in [9.17, 15) is 4.79 Å². The molecule has 0 saturated heterocycles. The molecule has 0 saturated carbocycles. The predicted octanol–water partition coefficient (Wildman–Crippen LogP) is 3.41. The molecule has 0 heterocycles. The Kier molecular flexibility index (Phi) is 5.93. The molecular weight excluding hydrogens is 273 g/mol. The van der Waals surface area contributed by atoms with Crippen molar-refractivity contribution in [3.05, 3.63) is 33.8 Å². The Bertz CT molecular complexity index is 401. The normalized spacial score (nSPS) is 12.6. The summed E-state index contributed by atoms with van der Waals surface area (Å²) in [5.74, 6) is -0.0869. The van der Waals surface area contributed by atoms with Gasteiger partial charge in [0.25, 0.3) is 0 Å². The molecule has 0 radical (unpaired) electrons. The first kappa shape index (κ1) is 15.3. The van der Waals surface area contributed by atoms with Gasteiger partial charge >= 0.3 is 5.97 Å². The third-order valence-electron chi connectivity index (χ3n) is 2.45. The van der Waals surface area contributed by atoms with Gasteiger partial charge in [-0.3, -0.25) is 4.79 Å². The molecule has 3 nitrogen and oxygen atoms in total. The average molecular weight is 290 g/mol. The minimum atomic E-state index is -0.605. The van der Waals surface area contributed by atoms with Crippen molar-refractivity contribution in [1.29, 1.82) is 0 Å². The lowest BCUT2D eigenvalue weighted by atomic mass is 10.1. The first-order valence-corrected chi connectivity index (χ1v) is 6.52. The molecule has 0 spiro atoms. The molecule has 0 amide bonds. The van der Waals surface area contributed by atoms with E-state index in [-0.39, 0.29) is 6.61 Å². The average Bonchev–Trinajstić information content (AvgIpc) is 2.27. The van der Waals surface area contributed by atoms with Crippen LogP contribution in [0.2, 0.25) is 10.0 Å². The Hall–Kier alpha value is -0.770. The van der Waals surface area contributed by atoms with Gasteiger partial charge < -0.3 is 10.5 Å². The zero-order valence-electron chi connectivity index (χ0n) is 10.5. The molecule has 1 aromatic rings. The largest absolute Gasteiger partial charge is 0.460 e. The van der Waals surface area contributed by atoms with Gasteiger partial charge in [0.1, 0.15) is 12.6 Å². The van der Waals surface area contributed by atoms with E-state index in [2.05, 4.69) is 0 Å². The Morgan fingerprint density at radius 2 is 1.89 bits per heavy atom. The number of hydrogen-bond donors (Lipinski definition) is 1. The van der Waals surface area contributed by atoms with E-state index in [1.54, 1.807) is 18.2 Å². The maximum Gasteiger partial charge on any atom is 0.323 e. The lowest BCUT2D eigenvalue weighted by Crippen LogP contribution is -2.33. The van der Waals surface area contributed by atoms with Crippen LogP contribution in [0, 0.1) is 5.92 Å². The van der Waals surface area contributed by atoms with Gasteiger partial charge in [0, 0.05) is 15.6 Å². The Balaban J connectivity index is 2.57. The number of rotatable bonds is 5. The summed E-state index contributed by atoms with van der Waals surface area (Å²) in [6, 6.07) is 4.53. The maximum absolute atomic E-state index is 11.6. The Labute approximate surface area is 117 Å². The van der Waals surface area contributed by atoms with Crippen LogP contribution >= 0.6 is 23.2 Å². The summed E-state index contributed by atoms with van der Waals surface area (Å²) < 4.78 is 5.12. The number of halogens is 2. The Morgan fingerprint density at radius 1 is 1.33 bits per heavy atom. The highest BCUT2D eigenvalue weighted by atomic mass is 35.5. The second-order valence-corrected chi connectivity index (χ2v) is 5.36. The van der Waals surface area contributed by atoms with Gasteiger partial charge in [0.2, 0.25) is 0 Å². The molecule has 5 heteroatoms. The van der Waals surface area contributed by atoms with Gasteiger partial charge in [0.05, 0.1) is 0 Å². The van der Waals surface area contributed by atoms with Gasteiger partial charge in [-0.05, 0) is 24.5 Å². The summed E-state index contributed by atoms with van der Waals surface area (Å²) >= 11 is 11.9. The van der Waals surface area contributed by atoms with E-state index in [0.717, 1.165) is 0 Å². The number of benzene rings is 1. The second kappa shape index (κ2) is 6.98. The van der Waals surface area contributed by atoms with E-state index >= 15 is 0 Å². The minimum absolute atomic E-state index is 0.0448. The lowest BCUT2D eigenvalue weighted by Gasteiger charge is -2.14. The number of esters is 1. The summed E-state index contributed by atoms with van der Waals surface area (Å²) in [4.78, 5) is 11.6. The number of hydrogen-bond acceptors (Lipinski definition) is 3. The number of carbonyl (C=O) groups is 1. The van der Waals surface area contributed by atoms with Crippen LogP contribution in [0.3, 0.4) is 0 Å². The van der Waals surface area contributed by atoms with Crippen LogP contribution in [0.4, 0.5) is 0 Å². The first-order chi connectivity index (χ1) is 8.41. The second-order valence-electron chi connectivity index (χ2n) is 4.54. The SMILES string of the molecule is CC(C)C[C@H](N)C(=O)OCc1c(Cl)cccc1Cl. The summed E-state index contributed by atoms with van der Waals surface area (Å²) in [7, 11) is 0. The molecular formula is C13H17Cl2NO2. The van der Waals surface area contributed by atoms with Crippen LogP contribution in [0.25, 0.3) is 0 Å². The quantitative estimate of drug-likeness (QED) is 0.845. The molecule has 2 N–H and O–H groups in total. The molecule has 1 aromatic carbocycles. The van der Waals surface area contributed by atoms with Crippen molar-refractivity contribution in [3.8, 4) is 0 Å². The molecule has 0 bridgehead atoms. The fourth-order valence-corrected chi connectivity index (χ4v) is 2.03. The van der Waals surface area contributed by atoms with Crippen molar-refractivity contribution >= 4 is 29.2 Å². The third kappa shape index (κ3) is 4.48. The van der Waals surface area contributed by atoms with Gasteiger partial charge in [-0.15, -0.1) is 0 Å². The minimum Gasteiger partial charge on any atom is -0.460 e. The highest BCUT2D eigenvalue weighted by Gasteiger charge is 2.17. The van der Waals surface area contributed by atoms with Crippen LogP contribution in [0.5, 0.6) is 0 Å². The highest BCUT2D eigenvalue weighted by Crippen LogP contribution is 2.25. The van der Waals surface area contributed by atoms with E-state index < -0.39 is 12.0 Å². The van der Waals surface area contributed by atoms with Crippen LogP contribution < -0.4 is 5.73 Å². The summed E-state index contributed by atoms with van der Waals surface area (Å²) in [6.07, 6.45) is 0.592. The molecule has 0 aliphatic heterocycles. The lowest BCUT2D eigenvalue weighted by molar-refractivity contribution is -0.146. The zero-order valence-corrected chi connectivity index (χ0v) is 12.0. The number of nitrogens with two attached hydrogens (primary N) is 1. The molecule has 0 aromatic heterocycles. The van der Waals surface area contributed by atoms with Crippen LogP contribution in [0.1, 0.15) is 25.8 Å². The number of carbonyl (C=O) groups excluding carboxylic acids is 1. The molecule has 18 heavy (non-hydrogen) atoms. The van der Waals surface area contributed by atoms with Gasteiger partial charge in [-0.2, -0.15) is 0 Å². The van der Waals surface area contributed by atoms with Gasteiger partial charge in [-0.1, -0.05) is 43.1 Å². The maximum atomic E-state index is 11.6. The van der Waals surface area contributed by atoms with E-state index in [0.29, 0.717) is 27.9 Å². The third-order valence-corrected chi connectivity index (χ3v) is 3.16. The monoisotopic (exact) mass is 289 g/mol. The fraction of sp³-hybridized carbons (Fsp3) is 0.462. The molecule has 100 valence electrons. The van der Waals surface area contributed by atoms with Crippen LogP contribution in [0.15, 0.2) is 18.2 Å². The van der Waals surface area contributed by atoms with E-state index in [4.69, 9.17) is 33.7 Å². The molecule has 0 aliphatic carbocycles. The predicted molar refractivity (Wildman–Crippen MR) is 73.7 cm³/mol. The molecule has 0 unspecified atom stereocenters. The standard InChI is InChI=1S/C13H17Cl2NO2/c1-8(2)6-12(16)13(17)18-7-9-10(14)4-3-5-11(9)15/h3-5,8,12H,6-7,16H2,1-2H3/t12-/m0/s1. The van der Waals surface area contributed by atoms with Gasteiger partial charge in [0.15, 0.2) is 0 Å². The molecule has 1 atom stereocenters. The van der Waals surface area contributed by atoms with Crippen molar-refractivity contribution in [3.63, 3.8) is 0 Å². The summed E-state index contributed by atoms with van der Waals surface area (Å²) in [6.45, 7) is 4.04. The van der Waals surface area contributed by atoms with Gasteiger partial charge in [-0.25, -0.2) is 0 Å². The molecule has 1 rings (SSSR count). The molecule has 0 fully saturated rings. The van der Waals surface area contributed by atoms with Crippen molar-refractivity contribution in [2.24, 2.45) is 11.7 Å². The van der Waals surface area contributed by atoms with Crippen LogP contribution in [-0.4, -0.2) is 12.0 Å². The van der Waals surface area contributed by atoms with E-state index in [1.807, 2.05) is 13.8 Å². The van der Waals surface area contributed by atoms with Crippen molar-refractivity contribution < 1.29 is 9.53 Å². The zero-order chi connectivity index (χ0) is 13.7. The fourth-order valence-electron chi connectivity index (χ4n) is 1.52. The smallest absolute Gasteiger partial charge is 0.323 e. The highest BCUT2D eigenvalue weighted by molar-refractivity contribution is 6.35. The van der Waals surface area contributed by atoms with Crippen molar-refractivity contribution in [2.75, 3.05) is 0 Å². The van der Waals surface area contributed by atoms with Crippen molar-refractivity contribution in [2.45, 2.75) is 32.9 Å². The van der Waals surface area contributed by atoms with Crippen LogP contribution in [-0.2, 0) is 16.1 Å². The topological polar surface area (TPSA) is 52.3 Å².